The number of hydrogen-bond acceptors (Lipinski definition) is 5. The van der Waals surface area contributed by atoms with E-state index in [1.807, 2.05) is 24.3 Å². The molecule has 0 atom stereocenters. The molecule has 0 spiro atoms. The van der Waals surface area contributed by atoms with Crippen LogP contribution in [-0.4, -0.2) is 20.7 Å². The van der Waals surface area contributed by atoms with Crippen LogP contribution in [-0.2, 0) is 13.5 Å². The Labute approximate surface area is 146 Å². The lowest BCUT2D eigenvalue weighted by Gasteiger charge is -2.02. The lowest BCUT2D eigenvalue weighted by molar-refractivity contribution is 0.102. The van der Waals surface area contributed by atoms with Crippen LogP contribution < -0.4 is 10.9 Å². The SMILES string of the molecule is Cn1cc(C(=O)Nc2nnc(Cc3cccc(Cl)c3)s2)ccc1=O. The zero-order chi connectivity index (χ0) is 17.1. The molecule has 0 aliphatic rings. The predicted molar refractivity (Wildman–Crippen MR) is 93.8 cm³/mol. The fourth-order valence-corrected chi connectivity index (χ4v) is 3.08. The Hall–Kier alpha value is -2.51. The van der Waals surface area contributed by atoms with Gasteiger partial charge in [0.2, 0.25) is 10.7 Å². The number of aromatic nitrogens is 3. The largest absolute Gasteiger partial charge is 0.318 e. The molecule has 1 N–H and O–H groups in total. The van der Waals surface area contributed by atoms with Crippen molar-refractivity contribution in [1.29, 1.82) is 0 Å². The van der Waals surface area contributed by atoms with Gasteiger partial charge in [0.1, 0.15) is 5.01 Å². The number of halogens is 1. The average molecular weight is 361 g/mol. The Morgan fingerprint density at radius 2 is 2.12 bits per heavy atom. The monoisotopic (exact) mass is 360 g/mol. The van der Waals surface area contributed by atoms with Crippen LogP contribution in [0.5, 0.6) is 0 Å². The molecule has 6 nitrogen and oxygen atoms in total. The highest BCUT2D eigenvalue weighted by molar-refractivity contribution is 7.15. The molecule has 0 aliphatic heterocycles. The van der Waals surface area contributed by atoms with Crippen LogP contribution >= 0.6 is 22.9 Å². The van der Waals surface area contributed by atoms with Crippen molar-refractivity contribution < 1.29 is 4.79 Å². The number of hydrogen-bond donors (Lipinski definition) is 1. The number of anilines is 1. The number of benzene rings is 1. The molecule has 2 heterocycles. The van der Waals surface area contributed by atoms with Crippen molar-refractivity contribution in [3.8, 4) is 0 Å². The summed E-state index contributed by atoms with van der Waals surface area (Å²) < 4.78 is 1.35. The average Bonchev–Trinajstić information content (AvgIpc) is 2.97. The summed E-state index contributed by atoms with van der Waals surface area (Å²) in [4.78, 5) is 23.5. The predicted octanol–water partition coefficient (Wildman–Crippen LogP) is 2.73. The number of amides is 1. The Kier molecular flexibility index (Phi) is 4.73. The van der Waals surface area contributed by atoms with E-state index in [0.717, 1.165) is 10.6 Å². The van der Waals surface area contributed by atoms with Crippen LogP contribution in [0, 0.1) is 0 Å². The van der Waals surface area contributed by atoms with Crippen LogP contribution in [0.2, 0.25) is 5.02 Å². The third-order valence-corrected chi connectivity index (χ3v) is 4.35. The summed E-state index contributed by atoms with van der Waals surface area (Å²) in [6.45, 7) is 0. The Morgan fingerprint density at radius 1 is 1.29 bits per heavy atom. The second-order valence-electron chi connectivity index (χ2n) is 5.13. The van der Waals surface area contributed by atoms with Crippen LogP contribution in [0.3, 0.4) is 0 Å². The minimum Gasteiger partial charge on any atom is -0.318 e. The zero-order valence-electron chi connectivity index (χ0n) is 12.7. The third-order valence-electron chi connectivity index (χ3n) is 3.28. The van der Waals surface area contributed by atoms with Crippen LogP contribution in [0.1, 0.15) is 20.9 Å². The summed E-state index contributed by atoms with van der Waals surface area (Å²) in [5.41, 5.74) is 1.23. The van der Waals surface area contributed by atoms with Gasteiger partial charge >= 0.3 is 0 Å². The number of nitrogens with one attached hydrogen (secondary N) is 1. The third kappa shape index (κ3) is 3.87. The Bertz CT molecular complexity index is 951. The molecular formula is C16H13ClN4O2S. The summed E-state index contributed by atoms with van der Waals surface area (Å²) in [6.07, 6.45) is 2.07. The second kappa shape index (κ2) is 6.94. The summed E-state index contributed by atoms with van der Waals surface area (Å²) in [7, 11) is 1.59. The molecule has 3 aromatic rings. The first-order valence-electron chi connectivity index (χ1n) is 7.06. The fourth-order valence-electron chi connectivity index (χ4n) is 2.09. The van der Waals surface area contributed by atoms with Gasteiger partial charge in [-0.1, -0.05) is 35.1 Å². The molecule has 122 valence electrons. The Balaban J connectivity index is 1.70. The van der Waals surface area contributed by atoms with Crippen molar-refractivity contribution >= 4 is 34.0 Å². The van der Waals surface area contributed by atoms with Gasteiger partial charge in [-0.3, -0.25) is 14.9 Å². The first-order valence-corrected chi connectivity index (χ1v) is 8.25. The molecule has 0 fully saturated rings. The highest BCUT2D eigenvalue weighted by atomic mass is 35.5. The molecule has 0 radical (unpaired) electrons. The number of aryl methyl sites for hydroxylation is 1. The van der Waals surface area contributed by atoms with E-state index < -0.39 is 0 Å². The normalized spacial score (nSPS) is 10.6. The maximum Gasteiger partial charge on any atom is 0.258 e. The van der Waals surface area contributed by atoms with Crippen molar-refractivity contribution in [2.75, 3.05) is 5.32 Å². The van der Waals surface area contributed by atoms with E-state index >= 15 is 0 Å². The maximum atomic E-state index is 12.2. The van der Waals surface area contributed by atoms with Gasteiger partial charge in [-0.25, -0.2) is 0 Å². The topological polar surface area (TPSA) is 76.9 Å². The van der Waals surface area contributed by atoms with E-state index in [9.17, 15) is 9.59 Å². The molecule has 2 aromatic heterocycles. The lowest BCUT2D eigenvalue weighted by atomic mass is 10.2. The molecule has 0 saturated carbocycles. The fraction of sp³-hybridized carbons (Fsp3) is 0.125. The van der Waals surface area contributed by atoms with Crippen LogP contribution in [0.4, 0.5) is 5.13 Å². The number of nitrogens with zero attached hydrogens (tertiary/aromatic N) is 3. The maximum absolute atomic E-state index is 12.2. The van der Waals surface area contributed by atoms with E-state index in [0.29, 0.717) is 22.1 Å². The first-order chi connectivity index (χ1) is 11.5. The minimum absolute atomic E-state index is 0.175. The van der Waals surface area contributed by atoms with Crippen molar-refractivity contribution in [2.45, 2.75) is 6.42 Å². The molecule has 0 bridgehead atoms. The molecule has 3 rings (SSSR count). The zero-order valence-corrected chi connectivity index (χ0v) is 14.3. The van der Waals surface area contributed by atoms with E-state index in [2.05, 4.69) is 15.5 Å². The van der Waals surface area contributed by atoms with E-state index in [4.69, 9.17) is 11.6 Å². The number of rotatable bonds is 4. The molecule has 24 heavy (non-hydrogen) atoms. The van der Waals surface area contributed by atoms with Gasteiger partial charge in [0, 0.05) is 30.8 Å². The van der Waals surface area contributed by atoms with Crippen molar-refractivity contribution in [3.63, 3.8) is 0 Å². The van der Waals surface area contributed by atoms with E-state index in [-0.39, 0.29) is 11.5 Å². The van der Waals surface area contributed by atoms with Gasteiger partial charge < -0.3 is 4.57 Å². The number of carbonyl (C=O) groups excluding carboxylic acids is 1. The van der Waals surface area contributed by atoms with Gasteiger partial charge in [-0.15, -0.1) is 10.2 Å². The summed E-state index contributed by atoms with van der Waals surface area (Å²) in [6, 6.07) is 10.3. The molecule has 8 heteroatoms. The van der Waals surface area contributed by atoms with Crippen LogP contribution in [0.25, 0.3) is 0 Å². The first kappa shape index (κ1) is 16.4. The minimum atomic E-state index is -0.337. The smallest absolute Gasteiger partial charge is 0.258 e. The molecule has 1 amide bonds. The van der Waals surface area contributed by atoms with Gasteiger partial charge in [-0.2, -0.15) is 0 Å². The molecular weight excluding hydrogens is 348 g/mol. The molecule has 0 unspecified atom stereocenters. The standard InChI is InChI=1S/C16H13ClN4O2S/c1-21-9-11(5-6-14(21)22)15(23)18-16-20-19-13(24-16)8-10-3-2-4-12(17)7-10/h2-7,9H,8H2,1H3,(H,18,20,23). The van der Waals surface area contributed by atoms with Crippen LogP contribution in [0.15, 0.2) is 47.4 Å². The van der Waals surface area contributed by atoms with Crippen molar-refractivity contribution in [1.82, 2.24) is 14.8 Å². The van der Waals surface area contributed by atoms with Crippen molar-refractivity contribution in [2.24, 2.45) is 7.05 Å². The van der Waals surface area contributed by atoms with Gasteiger partial charge in [0.15, 0.2) is 0 Å². The van der Waals surface area contributed by atoms with Gasteiger partial charge in [0.25, 0.3) is 5.91 Å². The summed E-state index contributed by atoms with van der Waals surface area (Å²) in [5, 5.41) is 12.6. The lowest BCUT2D eigenvalue weighted by Crippen LogP contribution is -2.19. The van der Waals surface area contributed by atoms with Gasteiger partial charge in [0.05, 0.1) is 5.56 Å². The second-order valence-corrected chi connectivity index (χ2v) is 6.63. The van der Waals surface area contributed by atoms with E-state index in [1.54, 1.807) is 7.05 Å². The number of carbonyl (C=O) groups is 1. The molecule has 0 saturated heterocycles. The summed E-state index contributed by atoms with van der Waals surface area (Å²) in [5.74, 6) is -0.337. The highest BCUT2D eigenvalue weighted by Gasteiger charge is 2.11. The number of pyridine rings is 1. The Morgan fingerprint density at radius 3 is 2.88 bits per heavy atom. The molecule has 0 aliphatic carbocycles. The highest BCUT2D eigenvalue weighted by Crippen LogP contribution is 2.20. The molecule has 1 aromatic carbocycles. The summed E-state index contributed by atoms with van der Waals surface area (Å²) >= 11 is 7.26. The van der Waals surface area contributed by atoms with Crippen molar-refractivity contribution in [3.05, 3.63) is 74.1 Å². The van der Waals surface area contributed by atoms with Gasteiger partial charge in [-0.05, 0) is 23.8 Å². The quantitative estimate of drug-likeness (QED) is 0.776. The van der Waals surface area contributed by atoms with E-state index in [1.165, 1.54) is 34.2 Å².